The number of benzene rings is 1. The first-order valence-electron chi connectivity index (χ1n) is 9.18. The number of amides is 2. The lowest BCUT2D eigenvalue weighted by Crippen LogP contribution is -2.41. The first kappa shape index (κ1) is 19.4. The van der Waals surface area contributed by atoms with Crippen LogP contribution in [0.4, 0.5) is 5.69 Å². The van der Waals surface area contributed by atoms with E-state index in [-0.39, 0.29) is 12.6 Å². The van der Waals surface area contributed by atoms with Gasteiger partial charge in [-0.25, -0.2) is 0 Å². The summed E-state index contributed by atoms with van der Waals surface area (Å²) < 4.78 is 22.2. The van der Waals surface area contributed by atoms with E-state index < -0.39 is 17.6 Å². The minimum atomic E-state index is -0.756. The zero-order chi connectivity index (χ0) is 19.3. The fourth-order valence-electron chi connectivity index (χ4n) is 3.46. The molecule has 2 N–H and O–H groups in total. The molecule has 8 heteroatoms. The summed E-state index contributed by atoms with van der Waals surface area (Å²) in [5.74, 6) is -0.971. The highest BCUT2D eigenvalue weighted by atomic mass is 16.7. The summed E-state index contributed by atoms with van der Waals surface area (Å²) in [4.78, 5) is 24.2. The van der Waals surface area contributed by atoms with E-state index in [1.165, 1.54) is 20.6 Å². The molecule has 0 unspecified atom stereocenters. The van der Waals surface area contributed by atoms with Crippen molar-refractivity contribution in [3.63, 3.8) is 0 Å². The fraction of sp³-hybridized carbons (Fsp3) is 0.579. The van der Waals surface area contributed by atoms with Gasteiger partial charge in [-0.2, -0.15) is 0 Å². The molecule has 0 aromatic heterocycles. The lowest BCUT2D eigenvalue weighted by molar-refractivity contribution is -0.186. The number of nitrogens with one attached hydrogen (secondary N) is 2. The Morgan fingerprint density at radius 1 is 1.11 bits per heavy atom. The van der Waals surface area contributed by atoms with Gasteiger partial charge in [-0.05, 0) is 25.0 Å². The molecule has 2 aliphatic rings. The normalized spacial score (nSPS) is 20.9. The summed E-state index contributed by atoms with van der Waals surface area (Å²) in [5.41, 5.74) is 0.439. The molecule has 1 aliphatic heterocycles. The van der Waals surface area contributed by atoms with E-state index in [1.807, 2.05) is 0 Å². The van der Waals surface area contributed by atoms with Crippen molar-refractivity contribution in [2.24, 2.45) is 0 Å². The maximum Gasteiger partial charge on any atom is 0.313 e. The highest BCUT2D eigenvalue weighted by Gasteiger charge is 2.42. The van der Waals surface area contributed by atoms with Gasteiger partial charge >= 0.3 is 11.8 Å². The number of methoxy groups -OCH3 is 2. The van der Waals surface area contributed by atoms with E-state index in [0.29, 0.717) is 23.8 Å². The largest absolute Gasteiger partial charge is 0.493 e. The van der Waals surface area contributed by atoms with Gasteiger partial charge in [0.15, 0.2) is 17.3 Å². The van der Waals surface area contributed by atoms with Crippen LogP contribution in [0.3, 0.4) is 0 Å². The van der Waals surface area contributed by atoms with Crippen LogP contribution in [0.1, 0.15) is 32.1 Å². The zero-order valence-corrected chi connectivity index (χ0v) is 15.7. The number of carbonyl (C=O) groups is 2. The van der Waals surface area contributed by atoms with Crippen LogP contribution >= 0.6 is 0 Å². The molecule has 8 nitrogen and oxygen atoms in total. The standard InChI is InChI=1S/C19H26N2O6/c1-24-15-7-6-13(10-16(15)25-2)21-18(23)17(22)20-11-14-12-26-19(27-14)8-4-3-5-9-19/h6-7,10,14H,3-5,8-9,11-12H2,1-2H3,(H,20,22)(H,21,23)/t14-/m0/s1. The molecule has 1 aromatic carbocycles. The fourth-order valence-corrected chi connectivity index (χ4v) is 3.46. The van der Waals surface area contributed by atoms with E-state index in [1.54, 1.807) is 18.2 Å². The first-order chi connectivity index (χ1) is 13.0. The second kappa shape index (κ2) is 8.58. The van der Waals surface area contributed by atoms with Gasteiger partial charge in [-0.15, -0.1) is 0 Å². The van der Waals surface area contributed by atoms with Crippen LogP contribution in [0.2, 0.25) is 0 Å². The number of carbonyl (C=O) groups excluding carboxylic acids is 2. The van der Waals surface area contributed by atoms with E-state index in [9.17, 15) is 9.59 Å². The summed E-state index contributed by atoms with van der Waals surface area (Å²) in [6, 6.07) is 4.87. The summed E-state index contributed by atoms with van der Waals surface area (Å²) in [5, 5.41) is 5.15. The Bertz CT molecular complexity index is 687. The number of hydrogen-bond acceptors (Lipinski definition) is 6. The summed E-state index contributed by atoms with van der Waals surface area (Å²) in [7, 11) is 3.02. The Morgan fingerprint density at radius 2 is 1.85 bits per heavy atom. The monoisotopic (exact) mass is 378 g/mol. The highest BCUT2D eigenvalue weighted by molar-refractivity contribution is 6.39. The predicted octanol–water partition coefficient (Wildman–Crippen LogP) is 1.83. The van der Waals surface area contributed by atoms with Crippen molar-refractivity contribution < 1.29 is 28.5 Å². The molecule has 0 bridgehead atoms. The predicted molar refractivity (Wildman–Crippen MR) is 97.8 cm³/mol. The molecule has 3 rings (SSSR count). The second-order valence-corrected chi connectivity index (χ2v) is 6.76. The van der Waals surface area contributed by atoms with Crippen LogP contribution in [0, 0.1) is 0 Å². The van der Waals surface area contributed by atoms with Gasteiger partial charge in [-0.1, -0.05) is 6.42 Å². The first-order valence-corrected chi connectivity index (χ1v) is 9.18. The van der Waals surface area contributed by atoms with Crippen LogP contribution < -0.4 is 20.1 Å². The molecule has 0 radical (unpaired) electrons. The van der Waals surface area contributed by atoms with Crippen LogP contribution in [-0.4, -0.2) is 51.1 Å². The lowest BCUT2D eigenvalue weighted by Gasteiger charge is -2.31. The summed E-state index contributed by atoms with van der Waals surface area (Å²) in [6.07, 6.45) is 4.92. The van der Waals surface area contributed by atoms with Crippen LogP contribution in [0.15, 0.2) is 18.2 Å². The van der Waals surface area contributed by atoms with E-state index in [0.717, 1.165) is 25.7 Å². The Morgan fingerprint density at radius 3 is 2.56 bits per heavy atom. The summed E-state index contributed by atoms with van der Waals surface area (Å²) in [6.45, 7) is 0.664. The number of rotatable bonds is 5. The zero-order valence-electron chi connectivity index (χ0n) is 15.7. The third kappa shape index (κ3) is 4.70. The van der Waals surface area contributed by atoms with Crippen molar-refractivity contribution in [3.05, 3.63) is 18.2 Å². The molecule has 1 saturated heterocycles. The molecule has 27 heavy (non-hydrogen) atoms. The van der Waals surface area contributed by atoms with Crippen LogP contribution in [0.5, 0.6) is 11.5 Å². The van der Waals surface area contributed by atoms with Crippen molar-refractivity contribution in [3.8, 4) is 11.5 Å². The van der Waals surface area contributed by atoms with Crippen LogP contribution in [0.25, 0.3) is 0 Å². The van der Waals surface area contributed by atoms with Gasteiger partial charge in [0.2, 0.25) is 0 Å². The molecule has 1 aliphatic carbocycles. The number of anilines is 1. The SMILES string of the molecule is COc1ccc(NC(=O)C(=O)NC[C@H]2COC3(CCCCC3)O2)cc1OC. The highest BCUT2D eigenvalue weighted by Crippen LogP contribution is 2.37. The maximum atomic E-state index is 12.1. The molecular weight excluding hydrogens is 352 g/mol. The molecule has 1 heterocycles. The average molecular weight is 378 g/mol. The third-order valence-electron chi connectivity index (χ3n) is 4.87. The molecule has 2 fully saturated rings. The van der Waals surface area contributed by atoms with Gasteiger partial charge in [0.1, 0.15) is 6.10 Å². The van der Waals surface area contributed by atoms with E-state index in [2.05, 4.69) is 10.6 Å². The van der Waals surface area contributed by atoms with Crippen LogP contribution in [-0.2, 0) is 19.1 Å². The second-order valence-electron chi connectivity index (χ2n) is 6.76. The average Bonchev–Trinajstić information content (AvgIpc) is 3.08. The van der Waals surface area contributed by atoms with Crippen molar-refractivity contribution in [2.45, 2.75) is 44.0 Å². The van der Waals surface area contributed by atoms with Gasteiger partial charge < -0.3 is 29.6 Å². The molecule has 2 amide bonds. The summed E-state index contributed by atoms with van der Waals surface area (Å²) >= 11 is 0. The van der Waals surface area contributed by atoms with Gasteiger partial charge in [0.25, 0.3) is 0 Å². The molecule has 1 spiro atoms. The van der Waals surface area contributed by atoms with Crippen molar-refractivity contribution >= 4 is 17.5 Å². The minimum Gasteiger partial charge on any atom is -0.493 e. The Balaban J connectivity index is 1.48. The number of hydrogen-bond donors (Lipinski definition) is 2. The van der Waals surface area contributed by atoms with Gasteiger partial charge in [0.05, 0.1) is 20.8 Å². The lowest BCUT2D eigenvalue weighted by atomic mass is 9.94. The molecule has 1 saturated carbocycles. The minimum absolute atomic E-state index is 0.235. The van der Waals surface area contributed by atoms with Gasteiger partial charge in [-0.3, -0.25) is 9.59 Å². The topological polar surface area (TPSA) is 95.1 Å². The Kier molecular flexibility index (Phi) is 6.18. The Labute approximate surface area is 158 Å². The van der Waals surface area contributed by atoms with Crippen molar-refractivity contribution in [2.75, 3.05) is 32.7 Å². The van der Waals surface area contributed by atoms with Gasteiger partial charge in [0, 0.05) is 31.1 Å². The maximum absolute atomic E-state index is 12.1. The molecule has 148 valence electrons. The van der Waals surface area contributed by atoms with Crippen molar-refractivity contribution in [1.29, 1.82) is 0 Å². The van der Waals surface area contributed by atoms with E-state index >= 15 is 0 Å². The van der Waals surface area contributed by atoms with Crippen molar-refractivity contribution in [1.82, 2.24) is 5.32 Å². The molecule has 1 atom stereocenters. The number of ether oxygens (including phenoxy) is 4. The third-order valence-corrected chi connectivity index (χ3v) is 4.87. The smallest absolute Gasteiger partial charge is 0.313 e. The molecular formula is C19H26N2O6. The molecule has 1 aromatic rings. The van der Waals surface area contributed by atoms with E-state index in [4.69, 9.17) is 18.9 Å². The quantitative estimate of drug-likeness (QED) is 0.759. The Hall–Kier alpha value is -2.32.